The van der Waals surface area contributed by atoms with Crippen molar-refractivity contribution >= 4 is 17.8 Å². The molecule has 2 amide bonds. The van der Waals surface area contributed by atoms with Crippen molar-refractivity contribution in [1.82, 2.24) is 9.80 Å². The van der Waals surface area contributed by atoms with Crippen LogP contribution in [0.25, 0.3) is 0 Å². The van der Waals surface area contributed by atoms with Crippen LogP contribution in [0.15, 0.2) is 12.1 Å². The average Bonchev–Trinajstić information content (AvgIpc) is 3.14. The number of aryl methyl sites for hydroxylation is 1. The van der Waals surface area contributed by atoms with Crippen LogP contribution in [0.3, 0.4) is 0 Å². The summed E-state index contributed by atoms with van der Waals surface area (Å²) in [5, 5.41) is 0. The van der Waals surface area contributed by atoms with Gasteiger partial charge in [-0.1, -0.05) is 6.92 Å². The van der Waals surface area contributed by atoms with E-state index in [2.05, 4.69) is 6.92 Å². The van der Waals surface area contributed by atoms with Crippen LogP contribution < -0.4 is 4.74 Å². The van der Waals surface area contributed by atoms with Gasteiger partial charge in [-0.05, 0) is 101 Å². The van der Waals surface area contributed by atoms with E-state index in [0.29, 0.717) is 67.4 Å². The maximum absolute atomic E-state index is 13.5. The molecule has 0 radical (unpaired) electrons. The van der Waals surface area contributed by atoms with E-state index in [-0.39, 0.29) is 11.3 Å². The first kappa shape index (κ1) is 24.7. The zero-order valence-electron chi connectivity index (χ0n) is 21.5. The predicted molar refractivity (Wildman–Crippen MR) is 132 cm³/mol. The third kappa shape index (κ3) is 4.03. The molecule has 0 heterocycles. The highest BCUT2D eigenvalue weighted by molar-refractivity contribution is 5.98. The lowest BCUT2D eigenvalue weighted by Gasteiger charge is -2.48. The second-order valence-electron chi connectivity index (χ2n) is 10.4. The number of benzene rings is 1. The summed E-state index contributed by atoms with van der Waals surface area (Å²) >= 11 is 0. The predicted octanol–water partition coefficient (Wildman–Crippen LogP) is 5.43. The molecule has 4 atom stereocenters. The largest absolute Gasteiger partial charge is 0.415 e. The number of Topliss-reactive ketones (excluding diaryl/α,β-unsaturated/α-hetero) is 1. The monoisotopic (exact) mass is 468 g/mol. The van der Waals surface area contributed by atoms with E-state index in [1.54, 1.807) is 9.80 Å². The average molecular weight is 469 g/mol. The summed E-state index contributed by atoms with van der Waals surface area (Å²) in [5.74, 6) is 2.02. The number of ketones is 1. The highest BCUT2D eigenvalue weighted by Crippen LogP contribution is 2.59. The first-order valence-electron chi connectivity index (χ1n) is 13.2. The summed E-state index contributed by atoms with van der Waals surface area (Å²) in [6, 6.07) is 3.98. The van der Waals surface area contributed by atoms with Gasteiger partial charge < -0.3 is 14.5 Å². The fourth-order valence-corrected chi connectivity index (χ4v) is 6.94. The van der Waals surface area contributed by atoms with Crippen LogP contribution in [0.5, 0.6) is 5.75 Å². The molecule has 0 spiro atoms. The third-order valence-electron chi connectivity index (χ3n) is 9.03. The summed E-state index contributed by atoms with van der Waals surface area (Å²) in [7, 11) is 0. The van der Waals surface area contributed by atoms with Gasteiger partial charge in [0.15, 0.2) is 0 Å². The number of amides is 2. The van der Waals surface area contributed by atoms with E-state index in [0.717, 1.165) is 32.1 Å². The van der Waals surface area contributed by atoms with Crippen molar-refractivity contribution in [2.45, 2.75) is 79.1 Å². The molecule has 6 nitrogen and oxygen atoms in total. The molecule has 3 aliphatic rings. The van der Waals surface area contributed by atoms with Crippen LogP contribution in [-0.2, 0) is 11.2 Å². The first-order chi connectivity index (χ1) is 16.3. The minimum Gasteiger partial charge on any atom is -0.409 e. The number of rotatable bonds is 6. The Morgan fingerprint density at radius 2 is 1.65 bits per heavy atom. The Hall–Kier alpha value is -2.37. The van der Waals surface area contributed by atoms with Gasteiger partial charge in [-0.25, -0.2) is 4.79 Å². The van der Waals surface area contributed by atoms with E-state index in [1.807, 2.05) is 39.8 Å². The lowest BCUT2D eigenvalue weighted by Crippen LogP contribution is -2.42. The van der Waals surface area contributed by atoms with Gasteiger partial charge in [0.05, 0.1) is 5.56 Å². The lowest BCUT2D eigenvalue weighted by atomic mass is 9.55. The molecule has 0 unspecified atom stereocenters. The number of hydrogen-bond donors (Lipinski definition) is 0. The van der Waals surface area contributed by atoms with Gasteiger partial charge in [0.1, 0.15) is 11.5 Å². The van der Waals surface area contributed by atoms with Crippen molar-refractivity contribution in [3.05, 3.63) is 28.8 Å². The molecular formula is C28H40N2O4. The van der Waals surface area contributed by atoms with Crippen LogP contribution in [0, 0.1) is 17.3 Å². The Labute approximate surface area is 204 Å². The Bertz CT molecular complexity index is 965. The number of hydrogen-bond acceptors (Lipinski definition) is 4. The van der Waals surface area contributed by atoms with Gasteiger partial charge in [-0.15, -0.1) is 0 Å². The third-order valence-corrected chi connectivity index (χ3v) is 9.03. The molecular weight excluding hydrogens is 428 g/mol. The van der Waals surface area contributed by atoms with Gasteiger partial charge in [0.25, 0.3) is 5.91 Å². The molecule has 4 rings (SSSR count). The molecule has 3 aliphatic carbocycles. The summed E-state index contributed by atoms with van der Waals surface area (Å²) < 4.78 is 5.85. The topological polar surface area (TPSA) is 66.9 Å². The second-order valence-corrected chi connectivity index (χ2v) is 10.4. The molecule has 6 heteroatoms. The molecule has 2 saturated carbocycles. The van der Waals surface area contributed by atoms with Gasteiger partial charge in [-0.3, -0.25) is 9.59 Å². The summed E-state index contributed by atoms with van der Waals surface area (Å²) in [6.45, 7) is 12.3. The Morgan fingerprint density at radius 1 is 0.971 bits per heavy atom. The maximum atomic E-state index is 13.5. The molecule has 0 N–H and O–H groups in total. The quantitative estimate of drug-likeness (QED) is 0.558. The Morgan fingerprint density at radius 3 is 2.29 bits per heavy atom. The highest BCUT2D eigenvalue weighted by atomic mass is 16.6. The normalized spacial score (nSPS) is 27.4. The minimum absolute atomic E-state index is 0.0889. The van der Waals surface area contributed by atoms with Crippen LogP contribution in [0.2, 0.25) is 0 Å². The van der Waals surface area contributed by atoms with Gasteiger partial charge in [0.2, 0.25) is 0 Å². The molecule has 34 heavy (non-hydrogen) atoms. The first-order valence-corrected chi connectivity index (χ1v) is 13.2. The van der Waals surface area contributed by atoms with Crippen molar-refractivity contribution in [2.75, 3.05) is 26.2 Å². The van der Waals surface area contributed by atoms with Gasteiger partial charge >= 0.3 is 6.09 Å². The minimum atomic E-state index is -0.412. The van der Waals surface area contributed by atoms with E-state index < -0.39 is 6.09 Å². The Kier molecular flexibility index (Phi) is 7.07. The van der Waals surface area contributed by atoms with Gasteiger partial charge in [-0.2, -0.15) is 0 Å². The zero-order chi connectivity index (χ0) is 24.6. The van der Waals surface area contributed by atoms with Crippen LogP contribution in [0.4, 0.5) is 4.79 Å². The number of fused-ring (bicyclic) bond motifs is 5. The van der Waals surface area contributed by atoms with E-state index >= 15 is 0 Å². The fourth-order valence-electron chi connectivity index (χ4n) is 6.94. The standard InChI is InChI=1S/C28H40N2O4/c1-6-29(7-2)26(32)22-17-21-18(16-24(22)34-27(33)30(8-3)9-4)10-11-20-19(21)14-15-28(5)23(20)12-13-25(28)31/h16-17,19-20,23H,6-15H2,1-5H3/t19-,20+,23-,28-/m0/s1. The fraction of sp³-hybridized carbons (Fsp3) is 0.679. The van der Waals surface area contributed by atoms with Crippen LogP contribution in [-0.4, -0.2) is 53.8 Å². The highest BCUT2D eigenvalue weighted by Gasteiger charge is 2.54. The van der Waals surface area contributed by atoms with Crippen molar-refractivity contribution in [3.63, 3.8) is 0 Å². The molecule has 2 fully saturated rings. The maximum Gasteiger partial charge on any atom is 0.415 e. The molecule has 1 aromatic rings. The number of ether oxygens (including phenoxy) is 1. The number of carbonyl (C=O) groups is 3. The summed E-state index contributed by atoms with van der Waals surface area (Å²) in [4.78, 5) is 42.4. The van der Waals surface area contributed by atoms with Crippen molar-refractivity contribution < 1.29 is 19.1 Å². The van der Waals surface area contributed by atoms with Gasteiger partial charge in [0, 0.05) is 38.0 Å². The SMILES string of the molecule is CCN(CC)C(=O)Oc1cc2c(cc1C(=O)N(CC)CC)[C@H]1CC[C@]3(C)C(=O)CC[C@H]3[C@@H]1CC2. The summed E-state index contributed by atoms with van der Waals surface area (Å²) in [6.07, 6.45) is 5.15. The number of carbonyl (C=O) groups excluding carboxylic acids is 3. The van der Waals surface area contributed by atoms with Crippen molar-refractivity contribution in [1.29, 1.82) is 0 Å². The molecule has 0 bridgehead atoms. The van der Waals surface area contributed by atoms with E-state index in [9.17, 15) is 14.4 Å². The molecule has 1 aromatic carbocycles. The molecule has 0 aromatic heterocycles. The van der Waals surface area contributed by atoms with Crippen LogP contribution >= 0.6 is 0 Å². The van der Waals surface area contributed by atoms with E-state index in [4.69, 9.17) is 4.74 Å². The van der Waals surface area contributed by atoms with Crippen molar-refractivity contribution in [3.8, 4) is 5.75 Å². The molecule has 0 saturated heterocycles. The Balaban J connectivity index is 1.73. The molecule has 186 valence electrons. The lowest BCUT2D eigenvalue weighted by molar-refractivity contribution is -0.129. The van der Waals surface area contributed by atoms with Crippen LogP contribution in [0.1, 0.15) is 94.1 Å². The van der Waals surface area contributed by atoms with E-state index in [1.165, 1.54) is 11.1 Å². The van der Waals surface area contributed by atoms with Crippen molar-refractivity contribution in [2.24, 2.45) is 17.3 Å². The smallest absolute Gasteiger partial charge is 0.409 e. The second kappa shape index (κ2) is 9.71. The summed E-state index contributed by atoms with van der Waals surface area (Å²) in [5.41, 5.74) is 2.74. The molecule has 0 aliphatic heterocycles. The zero-order valence-corrected chi connectivity index (χ0v) is 21.5. The number of nitrogens with zero attached hydrogens (tertiary/aromatic N) is 2.